The third kappa shape index (κ3) is 3.45. The molecule has 6 heteroatoms. The molecule has 0 bridgehead atoms. The third-order valence-corrected chi connectivity index (χ3v) is 4.54. The van der Waals surface area contributed by atoms with Gasteiger partial charge in [-0.2, -0.15) is 5.26 Å². The van der Waals surface area contributed by atoms with Gasteiger partial charge in [0.15, 0.2) is 0 Å². The number of methoxy groups -OCH3 is 1. The number of anilines is 1. The van der Waals surface area contributed by atoms with Crippen LogP contribution in [0.25, 0.3) is 0 Å². The lowest BCUT2D eigenvalue weighted by Crippen LogP contribution is -2.33. The Hall–Kier alpha value is -1.58. The van der Waals surface area contributed by atoms with Gasteiger partial charge in [-0.3, -0.25) is 4.31 Å². The van der Waals surface area contributed by atoms with Crippen LogP contribution in [0.15, 0.2) is 24.3 Å². The van der Waals surface area contributed by atoms with Gasteiger partial charge in [0.25, 0.3) is 0 Å². The minimum absolute atomic E-state index is 0.100. The summed E-state index contributed by atoms with van der Waals surface area (Å²) >= 11 is 0. The molecule has 0 heterocycles. The van der Waals surface area contributed by atoms with E-state index in [-0.39, 0.29) is 11.9 Å². The van der Waals surface area contributed by atoms with Crippen LogP contribution in [0.3, 0.4) is 0 Å². The summed E-state index contributed by atoms with van der Waals surface area (Å²) in [5, 5.41) is 8.79. The molecule has 0 aliphatic carbocycles. The zero-order valence-electron chi connectivity index (χ0n) is 10.6. The Kier molecular flexibility index (Phi) is 4.70. The van der Waals surface area contributed by atoms with Crippen molar-refractivity contribution < 1.29 is 13.2 Å². The molecular formula is C12H16N2O3S. The van der Waals surface area contributed by atoms with Crippen LogP contribution >= 0.6 is 0 Å². The van der Waals surface area contributed by atoms with Crippen LogP contribution in [0.2, 0.25) is 0 Å². The van der Waals surface area contributed by atoms with Crippen molar-refractivity contribution in [3.63, 3.8) is 0 Å². The summed E-state index contributed by atoms with van der Waals surface area (Å²) in [6.07, 6.45) is -0.378. The molecule has 0 saturated heterocycles. The standard InChI is InChI=1S/C12H16N2O3S/c1-10(17-3)9-18(15,16)14(2)12-6-4-5-11(7-12)8-13/h4-7,10H,9H2,1-3H3. The van der Waals surface area contributed by atoms with E-state index in [1.165, 1.54) is 24.5 Å². The van der Waals surface area contributed by atoms with Gasteiger partial charge in [0.2, 0.25) is 10.0 Å². The Morgan fingerprint density at radius 1 is 1.50 bits per heavy atom. The number of nitriles is 1. The minimum atomic E-state index is -3.45. The molecule has 0 aliphatic heterocycles. The number of sulfonamides is 1. The van der Waals surface area contributed by atoms with E-state index in [1.54, 1.807) is 25.1 Å². The van der Waals surface area contributed by atoms with Gasteiger partial charge in [-0.15, -0.1) is 0 Å². The second-order valence-corrected chi connectivity index (χ2v) is 6.00. The molecule has 0 amide bonds. The molecule has 18 heavy (non-hydrogen) atoms. The molecule has 0 saturated carbocycles. The molecule has 1 aromatic rings. The van der Waals surface area contributed by atoms with Crippen LogP contribution in [0.4, 0.5) is 5.69 Å². The molecule has 0 aromatic heterocycles. The molecule has 1 rings (SSSR count). The van der Waals surface area contributed by atoms with Crippen molar-refractivity contribution in [1.82, 2.24) is 0 Å². The highest BCUT2D eigenvalue weighted by Gasteiger charge is 2.21. The first-order chi connectivity index (χ1) is 8.40. The van der Waals surface area contributed by atoms with Crippen molar-refractivity contribution in [3.05, 3.63) is 29.8 Å². The lowest BCUT2D eigenvalue weighted by Gasteiger charge is -2.21. The molecular weight excluding hydrogens is 252 g/mol. The molecule has 1 aromatic carbocycles. The molecule has 0 aliphatic rings. The summed E-state index contributed by atoms with van der Waals surface area (Å²) in [4.78, 5) is 0. The number of benzene rings is 1. The topological polar surface area (TPSA) is 70.4 Å². The lowest BCUT2D eigenvalue weighted by atomic mass is 10.2. The Bertz CT molecular complexity index is 549. The predicted octanol–water partition coefficient (Wildman–Crippen LogP) is 1.36. The van der Waals surface area contributed by atoms with Crippen LogP contribution in [-0.4, -0.2) is 34.4 Å². The molecule has 0 spiro atoms. The van der Waals surface area contributed by atoms with E-state index in [1.807, 2.05) is 6.07 Å². The van der Waals surface area contributed by atoms with Crippen molar-refractivity contribution >= 4 is 15.7 Å². The zero-order chi connectivity index (χ0) is 13.8. The van der Waals surface area contributed by atoms with E-state index in [0.717, 1.165) is 0 Å². The monoisotopic (exact) mass is 268 g/mol. The number of ether oxygens (including phenoxy) is 1. The fraction of sp³-hybridized carbons (Fsp3) is 0.417. The van der Waals surface area contributed by atoms with Crippen LogP contribution in [-0.2, 0) is 14.8 Å². The summed E-state index contributed by atoms with van der Waals surface area (Å²) in [7, 11) is -0.516. The highest BCUT2D eigenvalue weighted by atomic mass is 32.2. The fourth-order valence-electron chi connectivity index (χ4n) is 1.41. The van der Waals surface area contributed by atoms with Gasteiger partial charge in [0.1, 0.15) is 0 Å². The number of hydrogen-bond donors (Lipinski definition) is 0. The minimum Gasteiger partial charge on any atom is -0.381 e. The summed E-state index contributed by atoms with van der Waals surface area (Å²) in [5.74, 6) is -0.100. The third-order valence-electron chi connectivity index (χ3n) is 2.60. The maximum atomic E-state index is 12.1. The second-order valence-electron chi connectivity index (χ2n) is 3.95. The molecule has 0 radical (unpaired) electrons. The summed E-state index contributed by atoms with van der Waals surface area (Å²) in [6, 6.07) is 8.44. The van der Waals surface area contributed by atoms with E-state index in [2.05, 4.69) is 0 Å². The maximum Gasteiger partial charge on any atom is 0.237 e. The number of rotatable bonds is 5. The quantitative estimate of drug-likeness (QED) is 0.808. The van der Waals surface area contributed by atoms with Gasteiger partial charge in [-0.05, 0) is 25.1 Å². The normalized spacial score (nSPS) is 12.8. The molecule has 0 fully saturated rings. The summed E-state index contributed by atoms with van der Waals surface area (Å²) in [6.45, 7) is 1.69. The predicted molar refractivity (Wildman–Crippen MR) is 69.8 cm³/mol. The van der Waals surface area contributed by atoms with Crippen molar-refractivity contribution in [1.29, 1.82) is 5.26 Å². The number of nitrogens with zero attached hydrogens (tertiary/aromatic N) is 2. The first-order valence-electron chi connectivity index (χ1n) is 5.40. The largest absolute Gasteiger partial charge is 0.381 e. The summed E-state index contributed by atoms with van der Waals surface area (Å²) in [5.41, 5.74) is 0.895. The van der Waals surface area contributed by atoms with Crippen molar-refractivity contribution in [2.24, 2.45) is 0 Å². The van der Waals surface area contributed by atoms with Gasteiger partial charge in [0, 0.05) is 14.2 Å². The average Bonchev–Trinajstić information content (AvgIpc) is 2.37. The number of hydrogen-bond acceptors (Lipinski definition) is 4. The smallest absolute Gasteiger partial charge is 0.237 e. The Balaban J connectivity index is 2.99. The Morgan fingerprint density at radius 3 is 2.72 bits per heavy atom. The van der Waals surface area contributed by atoms with Crippen molar-refractivity contribution in [2.45, 2.75) is 13.0 Å². The maximum absolute atomic E-state index is 12.1. The highest BCUT2D eigenvalue weighted by molar-refractivity contribution is 7.92. The zero-order valence-corrected chi connectivity index (χ0v) is 11.4. The van der Waals surface area contributed by atoms with Crippen LogP contribution in [0, 0.1) is 11.3 Å². The average molecular weight is 268 g/mol. The molecule has 5 nitrogen and oxygen atoms in total. The van der Waals surface area contributed by atoms with E-state index >= 15 is 0 Å². The van der Waals surface area contributed by atoms with E-state index < -0.39 is 10.0 Å². The highest BCUT2D eigenvalue weighted by Crippen LogP contribution is 2.18. The molecule has 0 N–H and O–H groups in total. The first-order valence-corrected chi connectivity index (χ1v) is 7.01. The van der Waals surface area contributed by atoms with E-state index in [9.17, 15) is 8.42 Å². The molecule has 1 atom stereocenters. The molecule has 98 valence electrons. The molecule has 1 unspecified atom stereocenters. The van der Waals surface area contributed by atoms with Gasteiger partial charge in [-0.1, -0.05) is 6.07 Å². The summed E-state index contributed by atoms with van der Waals surface area (Å²) < 4.78 is 30.3. The fourth-order valence-corrected chi connectivity index (χ4v) is 2.80. The van der Waals surface area contributed by atoms with Gasteiger partial charge in [0.05, 0.1) is 29.2 Å². The van der Waals surface area contributed by atoms with Gasteiger partial charge in [-0.25, -0.2) is 8.42 Å². The van der Waals surface area contributed by atoms with E-state index in [0.29, 0.717) is 11.3 Å². The van der Waals surface area contributed by atoms with Crippen LogP contribution < -0.4 is 4.31 Å². The van der Waals surface area contributed by atoms with Crippen molar-refractivity contribution in [3.8, 4) is 6.07 Å². The second kappa shape index (κ2) is 5.85. The SMILES string of the molecule is COC(C)CS(=O)(=O)N(C)c1cccc(C#N)c1. The Morgan fingerprint density at radius 2 is 2.17 bits per heavy atom. The Labute approximate surface area is 108 Å². The lowest BCUT2D eigenvalue weighted by molar-refractivity contribution is 0.136. The first kappa shape index (κ1) is 14.5. The van der Waals surface area contributed by atoms with Crippen LogP contribution in [0.5, 0.6) is 0 Å². The van der Waals surface area contributed by atoms with Gasteiger partial charge >= 0.3 is 0 Å². The van der Waals surface area contributed by atoms with Crippen molar-refractivity contribution in [2.75, 3.05) is 24.2 Å². The van der Waals surface area contributed by atoms with Crippen LogP contribution in [0.1, 0.15) is 12.5 Å². The van der Waals surface area contributed by atoms with Gasteiger partial charge < -0.3 is 4.74 Å². The van der Waals surface area contributed by atoms with E-state index in [4.69, 9.17) is 10.00 Å².